The number of carboxylic acids is 1. The Morgan fingerprint density at radius 3 is 2.92 bits per heavy atom. The highest BCUT2D eigenvalue weighted by molar-refractivity contribution is 5.70. The molecule has 2 unspecified atom stereocenters. The van der Waals surface area contributed by atoms with Gasteiger partial charge in [0.25, 0.3) is 0 Å². The first-order valence-corrected chi connectivity index (χ1v) is 4.65. The molecule has 1 N–H and O–H groups in total. The van der Waals surface area contributed by atoms with Crippen LogP contribution in [0.3, 0.4) is 0 Å². The van der Waals surface area contributed by atoms with E-state index in [0.717, 1.165) is 25.7 Å². The van der Waals surface area contributed by atoms with Crippen LogP contribution in [0.4, 0.5) is 0 Å². The van der Waals surface area contributed by atoms with E-state index in [4.69, 9.17) is 5.11 Å². The van der Waals surface area contributed by atoms with Crippen molar-refractivity contribution in [2.75, 3.05) is 0 Å². The van der Waals surface area contributed by atoms with E-state index in [0.29, 0.717) is 5.92 Å². The molecule has 1 aliphatic carbocycles. The zero-order valence-electron chi connectivity index (χ0n) is 7.49. The standard InChI is InChI=1S/C10H16O2/c1-2-5-9(10(11)12)8-6-3-4-7-8/h3,6,8-9H,2,4-5,7H2,1H3,(H,11,12). The lowest BCUT2D eigenvalue weighted by molar-refractivity contribution is -0.143. The molecular weight excluding hydrogens is 152 g/mol. The molecule has 2 atom stereocenters. The predicted molar refractivity (Wildman–Crippen MR) is 47.9 cm³/mol. The first-order valence-electron chi connectivity index (χ1n) is 4.65. The third-order valence-electron chi connectivity index (χ3n) is 2.48. The quantitative estimate of drug-likeness (QED) is 0.655. The van der Waals surface area contributed by atoms with E-state index < -0.39 is 5.97 Å². The molecule has 0 fully saturated rings. The van der Waals surface area contributed by atoms with Crippen LogP contribution in [0.2, 0.25) is 0 Å². The summed E-state index contributed by atoms with van der Waals surface area (Å²) in [6, 6.07) is 0. The molecule has 2 heteroatoms. The second-order valence-electron chi connectivity index (χ2n) is 3.40. The number of hydrogen-bond acceptors (Lipinski definition) is 1. The van der Waals surface area contributed by atoms with E-state index in [1.165, 1.54) is 0 Å². The Labute approximate surface area is 73.3 Å². The number of hydrogen-bond donors (Lipinski definition) is 1. The first-order chi connectivity index (χ1) is 5.75. The van der Waals surface area contributed by atoms with Crippen LogP contribution < -0.4 is 0 Å². The van der Waals surface area contributed by atoms with Crippen LogP contribution in [0.15, 0.2) is 12.2 Å². The van der Waals surface area contributed by atoms with Gasteiger partial charge in [0.05, 0.1) is 5.92 Å². The molecule has 12 heavy (non-hydrogen) atoms. The minimum Gasteiger partial charge on any atom is -0.481 e. The molecule has 0 amide bonds. The zero-order valence-corrected chi connectivity index (χ0v) is 7.49. The van der Waals surface area contributed by atoms with Crippen LogP contribution in [-0.4, -0.2) is 11.1 Å². The van der Waals surface area contributed by atoms with Crippen LogP contribution in [0.25, 0.3) is 0 Å². The van der Waals surface area contributed by atoms with Crippen molar-refractivity contribution in [3.05, 3.63) is 12.2 Å². The molecule has 0 aromatic rings. The molecule has 0 aromatic heterocycles. The largest absolute Gasteiger partial charge is 0.481 e. The van der Waals surface area contributed by atoms with Gasteiger partial charge in [-0.25, -0.2) is 0 Å². The van der Waals surface area contributed by atoms with Gasteiger partial charge in [-0.1, -0.05) is 25.5 Å². The highest BCUT2D eigenvalue weighted by Crippen LogP contribution is 2.28. The van der Waals surface area contributed by atoms with Crippen molar-refractivity contribution >= 4 is 5.97 Å². The van der Waals surface area contributed by atoms with Crippen molar-refractivity contribution in [2.24, 2.45) is 11.8 Å². The van der Waals surface area contributed by atoms with Gasteiger partial charge >= 0.3 is 5.97 Å². The van der Waals surface area contributed by atoms with Crippen LogP contribution in [0, 0.1) is 11.8 Å². The van der Waals surface area contributed by atoms with Gasteiger partial charge in [-0.3, -0.25) is 4.79 Å². The Bertz CT molecular complexity index is 184. The van der Waals surface area contributed by atoms with Crippen molar-refractivity contribution in [3.8, 4) is 0 Å². The fourth-order valence-corrected chi connectivity index (χ4v) is 1.82. The number of allylic oxidation sites excluding steroid dienone is 2. The third-order valence-corrected chi connectivity index (χ3v) is 2.48. The predicted octanol–water partition coefficient (Wildman–Crippen LogP) is 2.45. The second kappa shape index (κ2) is 4.29. The van der Waals surface area contributed by atoms with Gasteiger partial charge in [0.1, 0.15) is 0 Å². The highest BCUT2D eigenvalue weighted by Gasteiger charge is 2.26. The van der Waals surface area contributed by atoms with E-state index in [9.17, 15) is 4.79 Å². The van der Waals surface area contributed by atoms with Crippen molar-refractivity contribution in [3.63, 3.8) is 0 Å². The summed E-state index contributed by atoms with van der Waals surface area (Å²) in [6.45, 7) is 2.04. The van der Waals surface area contributed by atoms with Gasteiger partial charge in [0.15, 0.2) is 0 Å². The third kappa shape index (κ3) is 2.10. The molecule has 0 aliphatic heterocycles. The number of aliphatic carboxylic acids is 1. The molecule has 0 saturated carbocycles. The fraction of sp³-hybridized carbons (Fsp3) is 0.700. The minimum atomic E-state index is -0.631. The average molecular weight is 168 g/mol. The number of carbonyl (C=O) groups is 1. The Hall–Kier alpha value is -0.790. The molecule has 0 radical (unpaired) electrons. The molecule has 0 saturated heterocycles. The summed E-state index contributed by atoms with van der Waals surface area (Å²) in [5, 5.41) is 8.93. The lowest BCUT2D eigenvalue weighted by atomic mass is 9.88. The van der Waals surface area contributed by atoms with E-state index in [-0.39, 0.29) is 5.92 Å². The maximum Gasteiger partial charge on any atom is 0.307 e. The molecule has 68 valence electrons. The Morgan fingerprint density at radius 2 is 2.50 bits per heavy atom. The summed E-state index contributed by atoms with van der Waals surface area (Å²) in [4.78, 5) is 10.8. The van der Waals surface area contributed by atoms with Crippen molar-refractivity contribution in [1.82, 2.24) is 0 Å². The minimum absolute atomic E-state index is 0.145. The second-order valence-corrected chi connectivity index (χ2v) is 3.40. The van der Waals surface area contributed by atoms with E-state index in [1.54, 1.807) is 0 Å². The van der Waals surface area contributed by atoms with E-state index >= 15 is 0 Å². The Morgan fingerprint density at radius 1 is 1.75 bits per heavy atom. The highest BCUT2D eigenvalue weighted by atomic mass is 16.4. The molecule has 0 aromatic carbocycles. The van der Waals surface area contributed by atoms with Crippen LogP contribution in [-0.2, 0) is 4.79 Å². The topological polar surface area (TPSA) is 37.3 Å². The molecule has 1 rings (SSSR count). The van der Waals surface area contributed by atoms with E-state index in [2.05, 4.69) is 12.2 Å². The Balaban J connectivity index is 2.52. The maximum absolute atomic E-state index is 10.8. The van der Waals surface area contributed by atoms with Gasteiger partial charge in [0.2, 0.25) is 0 Å². The van der Waals surface area contributed by atoms with E-state index in [1.807, 2.05) is 6.92 Å². The molecule has 1 aliphatic rings. The smallest absolute Gasteiger partial charge is 0.307 e. The SMILES string of the molecule is CCCC(C(=O)O)C1C=CCC1. The molecule has 2 nitrogen and oxygen atoms in total. The van der Waals surface area contributed by atoms with Gasteiger partial charge in [-0.15, -0.1) is 0 Å². The lowest BCUT2D eigenvalue weighted by Crippen LogP contribution is -2.20. The molecular formula is C10H16O2. The monoisotopic (exact) mass is 168 g/mol. The first kappa shape index (κ1) is 9.30. The average Bonchev–Trinajstić information content (AvgIpc) is 2.51. The normalized spacial score (nSPS) is 24.2. The maximum atomic E-state index is 10.8. The summed E-state index contributed by atoms with van der Waals surface area (Å²) in [5.74, 6) is -0.482. The zero-order chi connectivity index (χ0) is 8.97. The van der Waals surface area contributed by atoms with Crippen LogP contribution >= 0.6 is 0 Å². The summed E-state index contributed by atoms with van der Waals surface area (Å²) in [5.41, 5.74) is 0. The molecule has 0 bridgehead atoms. The Kier molecular flexibility index (Phi) is 3.32. The van der Waals surface area contributed by atoms with Gasteiger partial charge in [-0.05, 0) is 25.2 Å². The van der Waals surface area contributed by atoms with Crippen LogP contribution in [0.5, 0.6) is 0 Å². The molecule has 0 heterocycles. The van der Waals surface area contributed by atoms with Gasteiger partial charge in [-0.2, -0.15) is 0 Å². The fourth-order valence-electron chi connectivity index (χ4n) is 1.82. The summed E-state index contributed by atoms with van der Waals surface area (Å²) in [7, 11) is 0. The van der Waals surface area contributed by atoms with Crippen molar-refractivity contribution in [2.45, 2.75) is 32.6 Å². The van der Waals surface area contributed by atoms with Crippen molar-refractivity contribution < 1.29 is 9.90 Å². The number of rotatable bonds is 4. The summed E-state index contributed by atoms with van der Waals surface area (Å²) >= 11 is 0. The summed E-state index contributed by atoms with van der Waals surface area (Å²) < 4.78 is 0. The van der Waals surface area contributed by atoms with Gasteiger partial charge < -0.3 is 5.11 Å². The van der Waals surface area contributed by atoms with Gasteiger partial charge in [0, 0.05) is 0 Å². The summed E-state index contributed by atoms with van der Waals surface area (Å²) in [6.07, 6.45) is 8.01. The lowest BCUT2D eigenvalue weighted by Gasteiger charge is -2.16. The van der Waals surface area contributed by atoms with Crippen molar-refractivity contribution in [1.29, 1.82) is 0 Å². The number of carboxylic acid groups (broad SMARTS) is 1. The van der Waals surface area contributed by atoms with Crippen LogP contribution in [0.1, 0.15) is 32.6 Å². The molecule has 0 spiro atoms.